The minimum Gasteiger partial charge on any atom is -0.496 e. The number of thiol groups is 1. The lowest BCUT2D eigenvalue weighted by Gasteiger charge is -2.13. The molecule has 0 spiro atoms. The van der Waals surface area contributed by atoms with E-state index in [1.54, 1.807) is 28.4 Å². The van der Waals surface area contributed by atoms with Crippen LogP contribution in [0.25, 0.3) is 23.3 Å². The molecule has 0 saturated carbocycles. The molecule has 29 heavy (non-hydrogen) atoms. The van der Waals surface area contributed by atoms with E-state index in [4.69, 9.17) is 18.9 Å². The Kier molecular flexibility index (Phi) is 6.73. The quantitative estimate of drug-likeness (QED) is 0.393. The standard InChI is InChI=1S/C24H24O4S/c1-25-21-12-7-16(13-20(21)18-8-10-19(29)11-9-18)5-6-17-14-22(26-2)24(28-4)23(15-17)27-3/h5-15,29H,1-4H3/b6-5-. The average molecular weight is 409 g/mol. The first-order valence-electron chi connectivity index (χ1n) is 9.05. The largest absolute Gasteiger partial charge is 0.496 e. The summed E-state index contributed by atoms with van der Waals surface area (Å²) in [6.45, 7) is 0. The van der Waals surface area contributed by atoms with Gasteiger partial charge in [0.2, 0.25) is 5.75 Å². The fraction of sp³-hybridized carbons (Fsp3) is 0.167. The van der Waals surface area contributed by atoms with Gasteiger partial charge in [-0.15, -0.1) is 12.6 Å². The Morgan fingerprint density at radius 3 is 1.76 bits per heavy atom. The van der Waals surface area contributed by atoms with Crippen molar-refractivity contribution in [2.24, 2.45) is 0 Å². The molecule has 3 rings (SSSR count). The van der Waals surface area contributed by atoms with Gasteiger partial charge < -0.3 is 18.9 Å². The normalized spacial score (nSPS) is 10.8. The predicted molar refractivity (Wildman–Crippen MR) is 121 cm³/mol. The van der Waals surface area contributed by atoms with Crippen LogP contribution in [-0.4, -0.2) is 28.4 Å². The molecule has 0 aliphatic rings. The van der Waals surface area contributed by atoms with Crippen LogP contribution in [0.2, 0.25) is 0 Å². The molecule has 0 radical (unpaired) electrons. The van der Waals surface area contributed by atoms with E-state index >= 15 is 0 Å². The van der Waals surface area contributed by atoms with Crippen molar-refractivity contribution in [1.82, 2.24) is 0 Å². The van der Waals surface area contributed by atoms with Crippen molar-refractivity contribution in [2.75, 3.05) is 28.4 Å². The molecule has 0 unspecified atom stereocenters. The summed E-state index contributed by atoms with van der Waals surface area (Å²) < 4.78 is 21.8. The topological polar surface area (TPSA) is 36.9 Å². The third-order valence-corrected chi connectivity index (χ3v) is 4.86. The third-order valence-electron chi connectivity index (χ3n) is 4.56. The van der Waals surface area contributed by atoms with E-state index in [0.29, 0.717) is 17.2 Å². The van der Waals surface area contributed by atoms with Crippen molar-refractivity contribution in [3.05, 3.63) is 65.7 Å². The monoisotopic (exact) mass is 408 g/mol. The van der Waals surface area contributed by atoms with E-state index in [1.165, 1.54) is 0 Å². The zero-order chi connectivity index (χ0) is 20.8. The second-order valence-corrected chi connectivity index (χ2v) is 6.81. The lowest BCUT2D eigenvalue weighted by molar-refractivity contribution is 0.324. The number of hydrogen-bond acceptors (Lipinski definition) is 5. The van der Waals surface area contributed by atoms with Gasteiger partial charge >= 0.3 is 0 Å². The molecule has 0 N–H and O–H groups in total. The predicted octanol–water partition coefficient (Wildman–Crippen LogP) is 5.85. The van der Waals surface area contributed by atoms with Gasteiger partial charge in [0.15, 0.2) is 11.5 Å². The Balaban J connectivity index is 1.97. The summed E-state index contributed by atoms with van der Waals surface area (Å²) in [5.41, 5.74) is 4.08. The maximum atomic E-state index is 5.54. The Labute approximate surface area is 177 Å². The SMILES string of the molecule is COc1ccc(/C=C\c2cc(OC)c(OC)c(OC)c2)cc1-c1ccc(S)cc1. The van der Waals surface area contributed by atoms with Gasteiger partial charge in [-0.1, -0.05) is 30.4 Å². The van der Waals surface area contributed by atoms with Crippen molar-refractivity contribution in [1.29, 1.82) is 0 Å². The van der Waals surface area contributed by atoms with Crippen LogP contribution in [0.5, 0.6) is 23.0 Å². The van der Waals surface area contributed by atoms with Crippen LogP contribution >= 0.6 is 12.6 Å². The highest BCUT2D eigenvalue weighted by Crippen LogP contribution is 2.39. The Hall–Kier alpha value is -3.05. The van der Waals surface area contributed by atoms with Crippen molar-refractivity contribution in [3.8, 4) is 34.1 Å². The molecule has 0 aromatic heterocycles. The molecule has 0 saturated heterocycles. The fourth-order valence-corrected chi connectivity index (χ4v) is 3.23. The van der Waals surface area contributed by atoms with Gasteiger partial charge in [0, 0.05) is 10.5 Å². The van der Waals surface area contributed by atoms with Crippen LogP contribution < -0.4 is 18.9 Å². The zero-order valence-corrected chi connectivity index (χ0v) is 17.8. The van der Waals surface area contributed by atoms with Crippen molar-refractivity contribution >= 4 is 24.8 Å². The van der Waals surface area contributed by atoms with Gasteiger partial charge in [-0.05, 0) is 53.1 Å². The van der Waals surface area contributed by atoms with Crippen molar-refractivity contribution in [3.63, 3.8) is 0 Å². The summed E-state index contributed by atoms with van der Waals surface area (Å²) in [5.74, 6) is 2.64. The number of benzene rings is 3. The Morgan fingerprint density at radius 1 is 0.621 bits per heavy atom. The molecule has 0 aliphatic heterocycles. The zero-order valence-electron chi connectivity index (χ0n) is 16.9. The first-order valence-corrected chi connectivity index (χ1v) is 9.50. The molecule has 150 valence electrons. The summed E-state index contributed by atoms with van der Waals surface area (Å²) in [6, 6.07) is 17.9. The van der Waals surface area contributed by atoms with Crippen molar-refractivity contribution in [2.45, 2.75) is 4.90 Å². The van der Waals surface area contributed by atoms with Gasteiger partial charge in [-0.2, -0.15) is 0 Å². The Bertz CT molecular complexity index is 985. The molecule has 0 amide bonds. The smallest absolute Gasteiger partial charge is 0.203 e. The average Bonchev–Trinajstić information content (AvgIpc) is 2.77. The van der Waals surface area contributed by atoms with E-state index in [2.05, 4.69) is 18.7 Å². The minimum absolute atomic E-state index is 0.575. The highest BCUT2D eigenvalue weighted by Gasteiger charge is 2.12. The van der Waals surface area contributed by atoms with Crippen molar-refractivity contribution < 1.29 is 18.9 Å². The number of methoxy groups -OCH3 is 4. The number of ether oxygens (including phenoxy) is 4. The summed E-state index contributed by atoms with van der Waals surface area (Å²) in [6.07, 6.45) is 4.05. The molecule has 3 aromatic carbocycles. The van der Waals surface area contributed by atoms with Crippen LogP contribution in [-0.2, 0) is 0 Å². The third kappa shape index (κ3) is 4.69. The summed E-state index contributed by atoms with van der Waals surface area (Å²) in [7, 11) is 6.49. The number of hydrogen-bond donors (Lipinski definition) is 1. The first kappa shape index (κ1) is 20.7. The molecule has 0 fully saturated rings. The highest BCUT2D eigenvalue weighted by molar-refractivity contribution is 7.80. The van der Waals surface area contributed by atoms with Gasteiger partial charge in [0.05, 0.1) is 28.4 Å². The molecule has 0 atom stereocenters. The van der Waals surface area contributed by atoms with Crippen LogP contribution in [0.1, 0.15) is 11.1 Å². The highest BCUT2D eigenvalue weighted by atomic mass is 32.1. The lowest BCUT2D eigenvalue weighted by atomic mass is 10.0. The number of rotatable bonds is 7. The second-order valence-electron chi connectivity index (χ2n) is 6.30. The molecule has 0 bridgehead atoms. The van der Waals surface area contributed by atoms with E-state index < -0.39 is 0 Å². The molecule has 0 aliphatic carbocycles. The van der Waals surface area contributed by atoms with Gasteiger partial charge in [-0.3, -0.25) is 0 Å². The molecule has 5 heteroatoms. The molecular formula is C24H24O4S. The first-order chi connectivity index (χ1) is 14.1. The van der Waals surface area contributed by atoms with Crippen LogP contribution in [0.4, 0.5) is 0 Å². The van der Waals surface area contributed by atoms with E-state index in [1.807, 2.05) is 60.7 Å². The Morgan fingerprint density at radius 2 is 1.21 bits per heavy atom. The van der Waals surface area contributed by atoms with Crippen LogP contribution in [0.15, 0.2) is 59.5 Å². The summed E-state index contributed by atoms with van der Waals surface area (Å²) in [5, 5.41) is 0. The fourth-order valence-electron chi connectivity index (χ4n) is 3.09. The van der Waals surface area contributed by atoms with E-state index in [9.17, 15) is 0 Å². The second kappa shape index (κ2) is 9.43. The van der Waals surface area contributed by atoms with Gasteiger partial charge in [-0.25, -0.2) is 0 Å². The van der Waals surface area contributed by atoms with E-state index in [-0.39, 0.29) is 0 Å². The van der Waals surface area contributed by atoms with Gasteiger partial charge in [0.25, 0.3) is 0 Å². The summed E-state index contributed by atoms with van der Waals surface area (Å²) in [4.78, 5) is 0.922. The van der Waals surface area contributed by atoms with Gasteiger partial charge in [0.1, 0.15) is 5.75 Å². The lowest BCUT2D eigenvalue weighted by Crippen LogP contribution is -1.95. The molecular weight excluding hydrogens is 384 g/mol. The molecule has 4 nitrogen and oxygen atoms in total. The molecule has 0 heterocycles. The summed E-state index contributed by atoms with van der Waals surface area (Å²) >= 11 is 4.36. The minimum atomic E-state index is 0.575. The molecule has 3 aromatic rings. The maximum absolute atomic E-state index is 5.54. The van der Waals surface area contributed by atoms with E-state index in [0.717, 1.165) is 32.9 Å². The van der Waals surface area contributed by atoms with Crippen LogP contribution in [0, 0.1) is 0 Å². The van der Waals surface area contributed by atoms with Crippen LogP contribution in [0.3, 0.4) is 0 Å². The maximum Gasteiger partial charge on any atom is 0.203 e.